The fraction of sp³-hybridized carbons (Fsp3) is 0.333. The molecule has 0 fully saturated rings. The first-order chi connectivity index (χ1) is 11.6. The van der Waals surface area contributed by atoms with Gasteiger partial charge in [-0.15, -0.1) is 0 Å². The monoisotopic (exact) mass is 321 g/mol. The van der Waals surface area contributed by atoms with Gasteiger partial charge in [0.25, 0.3) is 11.8 Å². The van der Waals surface area contributed by atoms with E-state index in [-0.39, 0.29) is 11.8 Å². The van der Waals surface area contributed by atoms with Crippen molar-refractivity contribution in [1.29, 1.82) is 0 Å². The average molecular weight is 321 g/mol. The van der Waals surface area contributed by atoms with Gasteiger partial charge < -0.3 is 0 Å². The first-order valence-electron chi connectivity index (χ1n) is 8.58. The molecule has 2 aromatic carbocycles. The Hall–Kier alpha value is -2.42. The summed E-state index contributed by atoms with van der Waals surface area (Å²) in [6.45, 7) is 4.76. The maximum Gasteiger partial charge on any atom is 0.261 e. The molecule has 0 aliphatic carbocycles. The van der Waals surface area contributed by atoms with E-state index in [1.807, 2.05) is 0 Å². The average Bonchev–Trinajstić information content (AvgIpc) is 2.79. The highest BCUT2D eigenvalue weighted by molar-refractivity contribution is 6.21. The molecule has 0 radical (unpaired) electrons. The lowest BCUT2D eigenvalue weighted by atomic mass is 10.0. The van der Waals surface area contributed by atoms with Crippen LogP contribution in [0.1, 0.15) is 56.7 Å². The van der Waals surface area contributed by atoms with Crippen molar-refractivity contribution in [3.63, 3.8) is 0 Å². The van der Waals surface area contributed by atoms with Crippen molar-refractivity contribution in [1.82, 2.24) is 4.90 Å². The highest BCUT2D eigenvalue weighted by Crippen LogP contribution is 2.23. The van der Waals surface area contributed by atoms with Crippen LogP contribution in [-0.2, 0) is 6.42 Å². The minimum atomic E-state index is -0.148. The maximum atomic E-state index is 12.3. The van der Waals surface area contributed by atoms with Crippen LogP contribution in [0.5, 0.6) is 0 Å². The van der Waals surface area contributed by atoms with Gasteiger partial charge in [-0.1, -0.05) is 47.9 Å². The zero-order valence-electron chi connectivity index (χ0n) is 14.3. The summed E-state index contributed by atoms with van der Waals surface area (Å²) in [5.74, 6) is -0.296. The Labute approximate surface area is 143 Å². The molecule has 0 bridgehead atoms. The number of amides is 2. The Kier molecular flexibility index (Phi) is 4.79. The molecule has 0 saturated heterocycles. The number of hydrogen-bond donors (Lipinski definition) is 0. The summed E-state index contributed by atoms with van der Waals surface area (Å²) in [7, 11) is 0. The quantitative estimate of drug-likeness (QED) is 0.587. The molecule has 0 N–H and O–H groups in total. The predicted molar refractivity (Wildman–Crippen MR) is 95.3 cm³/mol. The number of rotatable bonds is 6. The van der Waals surface area contributed by atoms with Gasteiger partial charge in [0.2, 0.25) is 0 Å². The lowest BCUT2D eigenvalue weighted by Crippen LogP contribution is -2.30. The largest absolute Gasteiger partial charge is 0.274 e. The molecule has 0 saturated carbocycles. The number of unbranched alkanes of at least 4 members (excludes halogenated alkanes) is 2. The van der Waals surface area contributed by atoms with Gasteiger partial charge in [0.1, 0.15) is 0 Å². The third-order valence-corrected chi connectivity index (χ3v) is 4.51. The van der Waals surface area contributed by atoms with Crippen LogP contribution in [0.2, 0.25) is 0 Å². The number of nitrogens with zero attached hydrogens (tertiary/aromatic N) is 1. The molecule has 3 nitrogen and oxygen atoms in total. The van der Waals surface area contributed by atoms with Crippen LogP contribution in [0, 0.1) is 13.8 Å². The first-order valence-corrected chi connectivity index (χ1v) is 8.58. The van der Waals surface area contributed by atoms with Crippen LogP contribution < -0.4 is 0 Å². The van der Waals surface area contributed by atoms with Gasteiger partial charge in [-0.05, 0) is 50.8 Å². The zero-order chi connectivity index (χ0) is 17.1. The molecule has 24 heavy (non-hydrogen) atoms. The topological polar surface area (TPSA) is 37.4 Å². The highest BCUT2D eigenvalue weighted by Gasteiger charge is 2.34. The van der Waals surface area contributed by atoms with Crippen molar-refractivity contribution < 1.29 is 9.59 Å². The Morgan fingerprint density at radius 2 is 1.38 bits per heavy atom. The van der Waals surface area contributed by atoms with Gasteiger partial charge in [0.15, 0.2) is 0 Å². The van der Waals surface area contributed by atoms with E-state index in [9.17, 15) is 9.59 Å². The summed E-state index contributed by atoms with van der Waals surface area (Å²) in [4.78, 5) is 25.9. The van der Waals surface area contributed by atoms with Gasteiger partial charge in [0.05, 0.1) is 11.1 Å². The van der Waals surface area contributed by atoms with Crippen LogP contribution in [0.3, 0.4) is 0 Å². The van der Waals surface area contributed by atoms with E-state index >= 15 is 0 Å². The van der Waals surface area contributed by atoms with Gasteiger partial charge >= 0.3 is 0 Å². The van der Waals surface area contributed by atoms with E-state index in [0.29, 0.717) is 17.7 Å². The standard InChI is InChI=1S/C21H23NO2/c1-15-12-16(2)14-17(13-15)8-4-3-7-11-22-20(23)18-9-5-6-10-19(18)21(22)24/h5-6,9-10,12-14H,3-4,7-8,11H2,1-2H3. The molecule has 0 spiro atoms. The maximum absolute atomic E-state index is 12.3. The second-order valence-corrected chi connectivity index (χ2v) is 6.61. The van der Waals surface area contributed by atoms with Crippen molar-refractivity contribution in [2.24, 2.45) is 0 Å². The number of aryl methyl sites for hydroxylation is 3. The molecule has 0 aromatic heterocycles. The molecule has 3 rings (SSSR count). The van der Waals surface area contributed by atoms with Gasteiger partial charge in [-0.3, -0.25) is 14.5 Å². The summed E-state index contributed by atoms with van der Waals surface area (Å²) in [5, 5.41) is 0. The van der Waals surface area contributed by atoms with Gasteiger partial charge in [-0.2, -0.15) is 0 Å². The second kappa shape index (κ2) is 7.00. The van der Waals surface area contributed by atoms with Crippen LogP contribution in [0.15, 0.2) is 42.5 Å². The lowest BCUT2D eigenvalue weighted by Gasteiger charge is -2.13. The van der Waals surface area contributed by atoms with Crippen molar-refractivity contribution in [2.45, 2.75) is 39.5 Å². The number of carbonyl (C=O) groups excluding carboxylic acids is 2. The first kappa shape index (κ1) is 16.4. The predicted octanol–water partition coefficient (Wildman–Crippen LogP) is 4.31. The molecule has 124 valence electrons. The Bertz CT molecular complexity index is 724. The highest BCUT2D eigenvalue weighted by atomic mass is 16.2. The smallest absolute Gasteiger partial charge is 0.261 e. The zero-order valence-corrected chi connectivity index (χ0v) is 14.3. The number of hydrogen-bond acceptors (Lipinski definition) is 2. The number of benzene rings is 2. The van der Waals surface area contributed by atoms with Gasteiger partial charge in [-0.25, -0.2) is 0 Å². The third kappa shape index (κ3) is 3.40. The molecular weight excluding hydrogens is 298 g/mol. The molecule has 3 heteroatoms. The van der Waals surface area contributed by atoms with Crippen molar-refractivity contribution in [3.8, 4) is 0 Å². The molecule has 1 aliphatic heterocycles. The van der Waals surface area contributed by atoms with E-state index in [0.717, 1.165) is 25.7 Å². The Morgan fingerprint density at radius 1 is 0.792 bits per heavy atom. The fourth-order valence-corrected chi connectivity index (χ4v) is 3.43. The Morgan fingerprint density at radius 3 is 1.96 bits per heavy atom. The SMILES string of the molecule is Cc1cc(C)cc(CCCCCN2C(=O)c3ccccc3C2=O)c1. The van der Waals surface area contributed by atoms with E-state index in [4.69, 9.17) is 0 Å². The molecule has 2 aromatic rings. The van der Waals surface area contributed by atoms with Crippen LogP contribution in [0.25, 0.3) is 0 Å². The Balaban J connectivity index is 1.48. The normalized spacial score (nSPS) is 13.5. The molecular formula is C21H23NO2. The van der Waals surface area contributed by atoms with Crippen LogP contribution in [-0.4, -0.2) is 23.3 Å². The van der Waals surface area contributed by atoms with Crippen LogP contribution in [0.4, 0.5) is 0 Å². The molecule has 0 atom stereocenters. The molecule has 1 aliphatic rings. The number of fused-ring (bicyclic) bond motifs is 1. The number of carbonyl (C=O) groups is 2. The molecule has 2 amide bonds. The van der Waals surface area contributed by atoms with E-state index in [1.165, 1.54) is 21.6 Å². The summed E-state index contributed by atoms with van der Waals surface area (Å²) in [6.07, 6.45) is 3.99. The second-order valence-electron chi connectivity index (χ2n) is 6.61. The van der Waals surface area contributed by atoms with Crippen molar-refractivity contribution in [3.05, 3.63) is 70.3 Å². The van der Waals surface area contributed by atoms with Crippen molar-refractivity contribution >= 4 is 11.8 Å². The van der Waals surface area contributed by atoms with E-state index in [2.05, 4.69) is 32.0 Å². The number of imide groups is 1. The minimum Gasteiger partial charge on any atom is -0.274 e. The minimum absolute atomic E-state index is 0.148. The van der Waals surface area contributed by atoms with Crippen molar-refractivity contribution in [2.75, 3.05) is 6.54 Å². The summed E-state index contributed by atoms with van der Waals surface area (Å²) < 4.78 is 0. The summed E-state index contributed by atoms with van der Waals surface area (Å²) in [6, 6.07) is 13.7. The van der Waals surface area contributed by atoms with Crippen LogP contribution >= 0.6 is 0 Å². The molecule has 0 unspecified atom stereocenters. The van der Waals surface area contributed by atoms with E-state index in [1.54, 1.807) is 24.3 Å². The fourth-order valence-electron chi connectivity index (χ4n) is 3.43. The lowest BCUT2D eigenvalue weighted by molar-refractivity contribution is 0.0651. The summed E-state index contributed by atoms with van der Waals surface area (Å²) in [5.41, 5.74) is 5.05. The molecule has 1 heterocycles. The van der Waals surface area contributed by atoms with Gasteiger partial charge in [0, 0.05) is 6.54 Å². The third-order valence-electron chi connectivity index (χ3n) is 4.51. The summed E-state index contributed by atoms with van der Waals surface area (Å²) >= 11 is 0. The van der Waals surface area contributed by atoms with E-state index < -0.39 is 0 Å².